The summed E-state index contributed by atoms with van der Waals surface area (Å²) < 4.78 is 2.09. The maximum absolute atomic E-state index is 9.96. The van der Waals surface area contributed by atoms with Crippen molar-refractivity contribution in [2.75, 3.05) is 0 Å². The smallest absolute Gasteiger partial charge is 0.125 e. The van der Waals surface area contributed by atoms with Crippen molar-refractivity contribution in [1.82, 2.24) is 4.57 Å². The third kappa shape index (κ3) is 2.29. The maximum Gasteiger partial charge on any atom is 0.125 e. The number of phenolic OH excluding ortho intramolecular Hbond substituents is 1. The van der Waals surface area contributed by atoms with Crippen LogP contribution in [0.1, 0.15) is 26.3 Å². The zero-order chi connectivity index (χ0) is 12.6. The van der Waals surface area contributed by atoms with Crippen molar-refractivity contribution in [3.8, 4) is 5.75 Å². The van der Waals surface area contributed by atoms with Crippen LogP contribution in [0.15, 0.2) is 24.4 Å². The molecule has 0 aliphatic heterocycles. The van der Waals surface area contributed by atoms with E-state index in [9.17, 15) is 10.2 Å². The second-order valence-corrected chi connectivity index (χ2v) is 5.10. The summed E-state index contributed by atoms with van der Waals surface area (Å²) in [5.74, 6) is 0.286. The molecule has 0 amide bonds. The van der Waals surface area contributed by atoms with Crippen molar-refractivity contribution in [3.63, 3.8) is 0 Å². The molecule has 17 heavy (non-hydrogen) atoms. The van der Waals surface area contributed by atoms with Crippen LogP contribution in [-0.4, -0.2) is 20.4 Å². The molecule has 92 valence electrons. The first-order valence-corrected chi connectivity index (χ1v) is 5.94. The number of nitrogens with zero attached hydrogens (tertiary/aromatic N) is 1. The van der Waals surface area contributed by atoms with E-state index in [-0.39, 0.29) is 5.75 Å². The van der Waals surface area contributed by atoms with E-state index in [4.69, 9.17) is 0 Å². The van der Waals surface area contributed by atoms with E-state index in [0.29, 0.717) is 6.42 Å². The van der Waals surface area contributed by atoms with Crippen LogP contribution in [0, 0.1) is 0 Å². The van der Waals surface area contributed by atoms with Crippen LogP contribution in [0.2, 0.25) is 0 Å². The van der Waals surface area contributed by atoms with Crippen molar-refractivity contribution >= 4 is 10.9 Å². The minimum atomic E-state index is -0.769. The lowest BCUT2D eigenvalue weighted by Gasteiger charge is -2.16. The zero-order valence-corrected chi connectivity index (χ0v) is 10.6. The van der Waals surface area contributed by atoms with Crippen molar-refractivity contribution < 1.29 is 10.2 Å². The van der Waals surface area contributed by atoms with Crippen LogP contribution in [0.4, 0.5) is 0 Å². The highest BCUT2D eigenvalue weighted by molar-refractivity contribution is 5.89. The molecule has 2 rings (SSSR count). The van der Waals surface area contributed by atoms with Gasteiger partial charge in [-0.15, -0.1) is 0 Å². The molecule has 0 unspecified atom stereocenters. The van der Waals surface area contributed by atoms with Crippen molar-refractivity contribution in [2.45, 2.75) is 39.3 Å². The van der Waals surface area contributed by atoms with E-state index in [1.165, 1.54) is 0 Å². The number of benzene rings is 1. The lowest BCUT2D eigenvalue weighted by atomic mass is 9.98. The number of aliphatic hydroxyl groups is 1. The van der Waals surface area contributed by atoms with Gasteiger partial charge in [0.2, 0.25) is 0 Å². The van der Waals surface area contributed by atoms with Crippen LogP contribution in [0.5, 0.6) is 5.75 Å². The molecule has 0 aliphatic rings. The molecule has 2 aromatic rings. The highest BCUT2D eigenvalue weighted by atomic mass is 16.3. The second-order valence-electron chi connectivity index (χ2n) is 5.10. The van der Waals surface area contributed by atoms with Gasteiger partial charge in [0.1, 0.15) is 5.75 Å². The monoisotopic (exact) mass is 233 g/mol. The summed E-state index contributed by atoms with van der Waals surface area (Å²) in [6.45, 7) is 6.48. The van der Waals surface area contributed by atoms with Gasteiger partial charge in [-0.2, -0.15) is 0 Å². The van der Waals surface area contributed by atoms with Crippen molar-refractivity contribution in [2.24, 2.45) is 0 Å². The molecule has 0 aliphatic carbocycles. The highest BCUT2D eigenvalue weighted by Gasteiger charge is 2.19. The molecule has 3 nitrogen and oxygen atoms in total. The Hall–Kier alpha value is -1.48. The standard InChI is InChI=1S/C14H19NO2/c1-4-15-9-10(8-14(2,3)17)13-11(15)6-5-7-12(13)16/h5-7,9,16-17H,4,8H2,1-3H3. The SMILES string of the molecule is CCn1cc(CC(C)(C)O)c2c(O)cccc21. The molecular formula is C14H19NO2. The summed E-state index contributed by atoms with van der Waals surface area (Å²) >= 11 is 0. The highest BCUT2D eigenvalue weighted by Crippen LogP contribution is 2.31. The molecule has 1 aromatic carbocycles. The summed E-state index contributed by atoms with van der Waals surface area (Å²) in [6.07, 6.45) is 2.55. The first kappa shape index (κ1) is 12.0. The molecule has 0 atom stereocenters. The molecule has 0 saturated carbocycles. The van der Waals surface area contributed by atoms with Crippen LogP contribution in [0.25, 0.3) is 10.9 Å². The quantitative estimate of drug-likeness (QED) is 0.856. The van der Waals surface area contributed by atoms with Gasteiger partial charge in [-0.25, -0.2) is 0 Å². The number of aromatic nitrogens is 1. The summed E-state index contributed by atoms with van der Waals surface area (Å²) in [7, 11) is 0. The Labute approximate surface area is 101 Å². The van der Waals surface area contributed by atoms with Crippen LogP contribution in [0.3, 0.4) is 0 Å². The fourth-order valence-corrected chi connectivity index (χ4v) is 2.28. The lowest BCUT2D eigenvalue weighted by Crippen LogP contribution is -2.21. The molecule has 0 bridgehead atoms. The Bertz CT molecular complexity index is 535. The molecule has 0 fully saturated rings. The van der Waals surface area contributed by atoms with Gasteiger partial charge in [-0.05, 0) is 38.5 Å². The van der Waals surface area contributed by atoms with Gasteiger partial charge in [-0.3, -0.25) is 0 Å². The third-order valence-electron chi connectivity index (χ3n) is 2.93. The minimum absolute atomic E-state index is 0.286. The molecule has 1 heterocycles. The summed E-state index contributed by atoms with van der Waals surface area (Å²) in [4.78, 5) is 0. The van der Waals surface area contributed by atoms with Gasteiger partial charge in [-0.1, -0.05) is 6.07 Å². The zero-order valence-electron chi connectivity index (χ0n) is 10.6. The average Bonchev–Trinajstić information content (AvgIpc) is 2.55. The van der Waals surface area contributed by atoms with Crippen LogP contribution < -0.4 is 0 Å². The number of hydrogen-bond donors (Lipinski definition) is 2. The minimum Gasteiger partial charge on any atom is -0.507 e. The Kier molecular flexibility index (Phi) is 2.87. The van der Waals surface area contributed by atoms with E-state index in [1.807, 2.05) is 18.3 Å². The number of phenols is 1. The van der Waals surface area contributed by atoms with E-state index >= 15 is 0 Å². The van der Waals surface area contributed by atoms with E-state index in [1.54, 1.807) is 19.9 Å². The van der Waals surface area contributed by atoms with E-state index in [0.717, 1.165) is 23.0 Å². The topological polar surface area (TPSA) is 45.4 Å². The van der Waals surface area contributed by atoms with Crippen molar-refractivity contribution in [1.29, 1.82) is 0 Å². The van der Waals surface area contributed by atoms with Gasteiger partial charge in [0, 0.05) is 24.5 Å². The molecule has 2 N–H and O–H groups in total. The normalized spacial score (nSPS) is 12.2. The summed E-state index contributed by atoms with van der Waals surface area (Å²) in [6, 6.07) is 5.53. The number of fused-ring (bicyclic) bond motifs is 1. The number of hydrogen-bond acceptors (Lipinski definition) is 2. The fraction of sp³-hybridized carbons (Fsp3) is 0.429. The van der Waals surface area contributed by atoms with Gasteiger partial charge >= 0.3 is 0 Å². The Morgan fingerprint density at radius 3 is 2.59 bits per heavy atom. The Balaban J connectivity index is 2.63. The number of rotatable bonds is 3. The number of aryl methyl sites for hydroxylation is 1. The van der Waals surface area contributed by atoms with Gasteiger partial charge < -0.3 is 14.8 Å². The predicted octanol–water partition coefficient (Wildman–Crippen LogP) is 2.68. The largest absolute Gasteiger partial charge is 0.507 e. The third-order valence-corrected chi connectivity index (χ3v) is 2.93. The summed E-state index contributed by atoms with van der Waals surface area (Å²) in [5, 5.41) is 20.7. The summed E-state index contributed by atoms with van der Waals surface area (Å²) in [5.41, 5.74) is 1.24. The van der Waals surface area contributed by atoms with E-state index in [2.05, 4.69) is 11.5 Å². The van der Waals surface area contributed by atoms with E-state index < -0.39 is 5.60 Å². The molecule has 1 aromatic heterocycles. The first-order valence-electron chi connectivity index (χ1n) is 5.94. The molecule has 0 radical (unpaired) electrons. The molecule has 0 saturated heterocycles. The molecule has 3 heteroatoms. The van der Waals surface area contributed by atoms with Crippen LogP contribution >= 0.6 is 0 Å². The average molecular weight is 233 g/mol. The Morgan fingerprint density at radius 1 is 1.29 bits per heavy atom. The lowest BCUT2D eigenvalue weighted by molar-refractivity contribution is 0.0813. The Morgan fingerprint density at radius 2 is 2.00 bits per heavy atom. The molecule has 0 spiro atoms. The van der Waals surface area contributed by atoms with Crippen LogP contribution in [-0.2, 0) is 13.0 Å². The van der Waals surface area contributed by atoms with Gasteiger partial charge in [0.15, 0.2) is 0 Å². The van der Waals surface area contributed by atoms with Gasteiger partial charge in [0.25, 0.3) is 0 Å². The van der Waals surface area contributed by atoms with Gasteiger partial charge in [0.05, 0.1) is 11.1 Å². The predicted molar refractivity (Wildman–Crippen MR) is 69.3 cm³/mol. The first-order chi connectivity index (χ1) is 7.92. The molecular weight excluding hydrogens is 214 g/mol. The second kappa shape index (κ2) is 4.08. The fourth-order valence-electron chi connectivity index (χ4n) is 2.28. The maximum atomic E-state index is 9.96. The number of aromatic hydroxyl groups is 1. The van der Waals surface area contributed by atoms with Crippen molar-refractivity contribution in [3.05, 3.63) is 30.0 Å².